The molecule has 3 rings (SSSR count). The van der Waals surface area contributed by atoms with E-state index in [4.69, 9.17) is 17.3 Å². The Morgan fingerprint density at radius 1 is 1.20 bits per heavy atom. The summed E-state index contributed by atoms with van der Waals surface area (Å²) >= 11 is 11.1. The molecule has 0 saturated carbocycles. The van der Waals surface area contributed by atoms with Crippen LogP contribution in [0.4, 0.5) is 0 Å². The maximum absolute atomic E-state index is 6.14. The van der Waals surface area contributed by atoms with Crippen LogP contribution in [0.15, 0.2) is 40.7 Å². The van der Waals surface area contributed by atoms with Crippen molar-refractivity contribution in [1.82, 2.24) is 4.98 Å². The third-order valence-electron chi connectivity index (χ3n) is 2.85. The molecule has 2 aromatic heterocycles. The first-order valence-electron chi connectivity index (χ1n) is 6.16. The Kier molecular flexibility index (Phi) is 4.33. The van der Waals surface area contributed by atoms with Crippen molar-refractivity contribution < 1.29 is 0 Å². The van der Waals surface area contributed by atoms with Crippen LogP contribution in [0.5, 0.6) is 0 Å². The van der Waals surface area contributed by atoms with Crippen molar-refractivity contribution in [2.24, 2.45) is 5.73 Å². The van der Waals surface area contributed by atoms with Gasteiger partial charge in [-0.3, -0.25) is 0 Å². The quantitative estimate of drug-likeness (QED) is 0.664. The average Bonchev–Trinajstić information content (AvgIpc) is 3.01. The molecule has 3 aromatic rings. The number of fused-ring (bicyclic) bond motifs is 1. The third kappa shape index (κ3) is 3.02. The molecule has 0 spiro atoms. The first kappa shape index (κ1) is 14.4. The van der Waals surface area contributed by atoms with Crippen molar-refractivity contribution in [2.75, 3.05) is 0 Å². The molecule has 0 fully saturated rings. The van der Waals surface area contributed by atoms with Crippen LogP contribution in [0.25, 0.3) is 10.2 Å². The molecule has 0 amide bonds. The monoisotopic (exact) mass is 340 g/mol. The maximum Gasteiger partial charge on any atom is 0.151 e. The average molecular weight is 341 g/mol. The summed E-state index contributed by atoms with van der Waals surface area (Å²) in [5, 5.41) is 0.188. The number of thiophene rings is 1. The van der Waals surface area contributed by atoms with Crippen molar-refractivity contribution in [3.63, 3.8) is 0 Å². The molecular formula is C14H13ClN2S3. The summed E-state index contributed by atoms with van der Waals surface area (Å²) in [6, 6.07) is 12.2. The summed E-state index contributed by atoms with van der Waals surface area (Å²) in [6.45, 7) is 2.03. The molecule has 0 aliphatic rings. The van der Waals surface area contributed by atoms with Crippen LogP contribution in [0.1, 0.15) is 17.1 Å². The number of nitrogens with two attached hydrogens (primary N) is 1. The Morgan fingerprint density at radius 2 is 2.00 bits per heavy atom. The summed E-state index contributed by atoms with van der Waals surface area (Å²) in [4.78, 5) is 5.87. The van der Waals surface area contributed by atoms with Crippen molar-refractivity contribution in [3.05, 3.63) is 45.6 Å². The van der Waals surface area contributed by atoms with Crippen LogP contribution in [0.2, 0.25) is 4.34 Å². The van der Waals surface area contributed by atoms with E-state index in [9.17, 15) is 0 Å². The second-order valence-corrected chi connectivity index (χ2v) is 8.65. The number of aromatic nitrogens is 1. The van der Waals surface area contributed by atoms with Crippen molar-refractivity contribution in [3.8, 4) is 0 Å². The zero-order valence-corrected chi connectivity index (χ0v) is 14.0. The Labute approximate surface area is 135 Å². The van der Waals surface area contributed by atoms with Gasteiger partial charge in [0.1, 0.15) is 0 Å². The topological polar surface area (TPSA) is 38.9 Å². The first-order chi connectivity index (χ1) is 9.63. The van der Waals surface area contributed by atoms with E-state index in [-0.39, 0.29) is 11.3 Å². The molecule has 2 unspecified atom stereocenters. The molecule has 2 N–H and O–H groups in total. The first-order valence-corrected chi connectivity index (χ1v) is 9.05. The van der Waals surface area contributed by atoms with Gasteiger partial charge in [-0.15, -0.1) is 22.7 Å². The minimum Gasteiger partial charge on any atom is -0.327 e. The number of para-hydroxylation sites is 1. The highest BCUT2D eigenvalue weighted by Crippen LogP contribution is 2.43. The number of thioether (sulfide) groups is 1. The zero-order chi connectivity index (χ0) is 14.1. The van der Waals surface area contributed by atoms with Crippen LogP contribution < -0.4 is 5.73 Å². The molecule has 0 aliphatic heterocycles. The standard InChI is InChI=1S/C14H13ClN2S3/c1-8(16)13(11-6-7-12(15)18-11)20-14-17-9-4-2-3-5-10(9)19-14/h2-8,13H,16H2,1H3. The van der Waals surface area contributed by atoms with Crippen molar-refractivity contribution >= 4 is 56.3 Å². The highest BCUT2D eigenvalue weighted by Gasteiger charge is 2.21. The fourth-order valence-corrected chi connectivity index (χ4v) is 5.61. The number of hydrogen-bond acceptors (Lipinski definition) is 5. The zero-order valence-electron chi connectivity index (χ0n) is 10.7. The van der Waals surface area contributed by atoms with E-state index >= 15 is 0 Å². The normalized spacial score (nSPS) is 14.6. The molecule has 2 atom stereocenters. The van der Waals surface area contributed by atoms with Gasteiger partial charge < -0.3 is 5.73 Å². The van der Waals surface area contributed by atoms with Crippen LogP contribution in [-0.2, 0) is 0 Å². The van der Waals surface area contributed by atoms with Crippen LogP contribution in [0, 0.1) is 0 Å². The molecule has 2 heterocycles. The summed E-state index contributed by atoms with van der Waals surface area (Å²) in [5.74, 6) is 0. The van der Waals surface area contributed by atoms with E-state index in [0.29, 0.717) is 0 Å². The van der Waals surface area contributed by atoms with Gasteiger partial charge in [0.25, 0.3) is 0 Å². The largest absolute Gasteiger partial charge is 0.327 e. The van der Waals surface area contributed by atoms with Crippen LogP contribution >= 0.6 is 46.0 Å². The lowest BCUT2D eigenvalue weighted by Crippen LogP contribution is -2.21. The predicted molar refractivity (Wildman–Crippen MR) is 91.2 cm³/mol. The Bertz CT molecular complexity index is 687. The summed E-state index contributed by atoms with van der Waals surface area (Å²) in [6.07, 6.45) is 0. The number of halogens is 1. The van der Waals surface area contributed by atoms with Crippen molar-refractivity contribution in [1.29, 1.82) is 0 Å². The number of rotatable bonds is 4. The Hall–Kier alpha value is -0.590. The second kappa shape index (κ2) is 6.03. The minimum atomic E-state index is 0.0433. The Balaban J connectivity index is 1.89. The van der Waals surface area contributed by atoms with Crippen LogP contribution in [-0.4, -0.2) is 11.0 Å². The molecule has 6 heteroatoms. The summed E-state index contributed by atoms with van der Waals surface area (Å²) in [5.41, 5.74) is 7.19. The molecule has 1 aromatic carbocycles. The van der Waals surface area contributed by atoms with Gasteiger partial charge in [-0.25, -0.2) is 4.98 Å². The lowest BCUT2D eigenvalue weighted by atomic mass is 10.2. The second-order valence-electron chi connectivity index (χ2n) is 4.49. The van der Waals surface area contributed by atoms with E-state index in [1.54, 1.807) is 34.4 Å². The highest BCUT2D eigenvalue weighted by atomic mass is 35.5. The van der Waals surface area contributed by atoms with Gasteiger partial charge in [0.05, 0.1) is 19.8 Å². The SMILES string of the molecule is CC(N)C(Sc1nc2ccccc2s1)c1ccc(Cl)s1. The van der Waals surface area contributed by atoms with Gasteiger partial charge >= 0.3 is 0 Å². The minimum absolute atomic E-state index is 0.0433. The van der Waals surface area contributed by atoms with Crippen molar-refractivity contribution in [2.45, 2.75) is 22.6 Å². The van der Waals surface area contributed by atoms with Gasteiger partial charge in [0.2, 0.25) is 0 Å². The maximum atomic E-state index is 6.14. The summed E-state index contributed by atoms with van der Waals surface area (Å²) < 4.78 is 3.07. The molecule has 0 bridgehead atoms. The third-order valence-corrected chi connectivity index (χ3v) is 6.92. The molecular weight excluding hydrogens is 328 g/mol. The molecule has 0 radical (unpaired) electrons. The number of benzene rings is 1. The van der Waals surface area contributed by atoms with Gasteiger partial charge in [-0.05, 0) is 31.2 Å². The molecule has 0 aliphatic carbocycles. The molecule has 104 valence electrons. The fraction of sp³-hybridized carbons (Fsp3) is 0.214. The number of nitrogens with zero attached hydrogens (tertiary/aromatic N) is 1. The van der Waals surface area contributed by atoms with E-state index < -0.39 is 0 Å². The van der Waals surface area contributed by atoms with Gasteiger partial charge in [0.15, 0.2) is 4.34 Å². The molecule has 20 heavy (non-hydrogen) atoms. The lowest BCUT2D eigenvalue weighted by Gasteiger charge is -2.17. The summed E-state index contributed by atoms with van der Waals surface area (Å²) in [7, 11) is 0. The molecule has 0 saturated heterocycles. The fourth-order valence-electron chi connectivity index (χ4n) is 1.92. The Morgan fingerprint density at radius 3 is 2.65 bits per heavy atom. The van der Waals surface area contributed by atoms with E-state index in [0.717, 1.165) is 14.2 Å². The predicted octanol–water partition coefficient (Wildman–Crippen LogP) is 5.19. The van der Waals surface area contributed by atoms with Gasteiger partial charge in [-0.2, -0.15) is 0 Å². The van der Waals surface area contributed by atoms with Crippen LogP contribution in [0.3, 0.4) is 0 Å². The highest BCUT2D eigenvalue weighted by molar-refractivity contribution is 8.01. The lowest BCUT2D eigenvalue weighted by molar-refractivity contribution is 0.730. The molecule has 2 nitrogen and oxygen atoms in total. The number of thiazole rings is 1. The smallest absolute Gasteiger partial charge is 0.151 e. The number of hydrogen-bond donors (Lipinski definition) is 1. The van der Waals surface area contributed by atoms with Gasteiger partial charge in [0, 0.05) is 10.9 Å². The van der Waals surface area contributed by atoms with E-state index in [2.05, 4.69) is 17.1 Å². The van der Waals surface area contributed by atoms with E-state index in [1.165, 1.54) is 9.58 Å². The van der Waals surface area contributed by atoms with E-state index in [1.807, 2.05) is 31.2 Å². The van der Waals surface area contributed by atoms with Gasteiger partial charge in [-0.1, -0.05) is 35.5 Å².